The van der Waals surface area contributed by atoms with E-state index in [1.807, 2.05) is 13.8 Å². The summed E-state index contributed by atoms with van der Waals surface area (Å²) in [5.74, 6) is -0.415. The zero-order valence-electron chi connectivity index (χ0n) is 7.24. The topological polar surface area (TPSA) is 35.5 Å². The second-order valence-electron chi connectivity index (χ2n) is 3.67. The van der Waals surface area contributed by atoms with E-state index in [-0.39, 0.29) is 18.0 Å². The van der Waals surface area contributed by atoms with Gasteiger partial charge in [-0.15, -0.1) is 0 Å². The van der Waals surface area contributed by atoms with Crippen LogP contribution in [0.25, 0.3) is 0 Å². The van der Waals surface area contributed by atoms with Gasteiger partial charge in [-0.2, -0.15) is 0 Å². The highest BCUT2D eigenvalue weighted by atomic mass is 16.7. The molecule has 0 spiro atoms. The molecule has 2 rings (SSSR count). The summed E-state index contributed by atoms with van der Waals surface area (Å²) in [6.45, 7) is 3.73. The maximum atomic E-state index is 11.0. The van der Waals surface area contributed by atoms with Crippen molar-refractivity contribution in [1.82, 2.24) is 0 Å². The van der Waals surface area contributed by atoms with E-state index in [1.54, 1.807) is 12.2 Å². The first-order chi connectivity index (χ1) is 5.57. The zero-order chi connectivity index (χ0) is 8.77. The summed E-state index contributed by atoms with van der Waals surface area (Å²) in [6, 6.07) is 0. The van der Waals surface area contributed by atoms with E-state index in [0.29, 0.717) is 6.42 Å². The van der Waals surface area contributed by atoms with E-state index < -0.39 is 5.79 Å². The molecule has 1 aliphatic carbocycles. The molecule has 66 valence electrons. The number of hydrogen-bond donors (Lipinski definition) is 0. The second-order valence-corrected chi connectivity index (χ2v) is 3.67. The first kappa shape index (κ1) is 7.95. The minimum absolute atomic E-state index is 0.0299. The third-order valence-corrected chi connectivity index (χ3v) is 2.10. The van der Waals surface area contributed by atoms with Crippen molar-refractivity contribution >= 4 is 5.78 Å². The van der Waals surface area contributed by atoms with Crippen molar-refractivity contribution in [2.45, 2.75) is 38.3 Å². The lowest BCUT2D eigenvalue weighted by atomic mass is 10.0. The van der Waals surface area contributed by atoms with E-state index in [1.165, 1.54) is 0 Å². The van der Waals surface area contributed by atoms with Gasteiger partial charge < -0.3 is 9.47 Å². The molecule has 0 aromatic carbocycles. The highest BCUT2D eigenvalue weighted by Gasteiger charge is 2.42. The number of ether oxygens (including phenoxy) is 2. The Bertz CT molecular complexity index is 242. The van der Waals surface area contributed by atoms with Crippen molar-refractivity contribution in [2.75, 3.05) is 0 Å². The third kappa shape index (κ3) is 1.30. The fourth-order valence-electron chi connectivity index (χ4n) is 1.65. The van der Waals surface area contributed by atoms with Crippen LogP contribution in [0.15, 0.2) is 12.2 Å². The van der Waals surface area contributed by atoms with Gasteiger partial charge in [0, 0.05) is 6.42 Å². The number of rotatable bonds is 0. The molecular formula is C9H12O3. The molecule has 0 aromatic heterocycles. The smallest absolute Gasteiger partial charge is 0.164 e. The number of carbonyl (C=O) groups excluding carboxylic acids is 1. The fourth-order valence-corrected chi connectivity index (χ4v) is 1.65. The van der Waals surface area contributed by atoms with Crippen LogP contribution in [0.1, 0.15) is 20.3 Å². The molecule has 1 fully saturated rings. The standard InChI is InChI=1S/C9H12O3/c1-9(2)11-7-4-3-6(10)5-8(7)12-9/h3-4,7-8H,5H2,1-2H3/t7-,8+/m0/s1. The van der Waals surface area contributed by atoms with Gasteiger partial charge in [0.15, 0.2) is 11.6 Å². The summed E-state index contributed by atoms with van der Waals surface area (Å²) >= 11 is 0. The van der Waals surface area contributed by atoms with Crippen molar-refractivity contribution in [2.24, 2.45) is 0 Å². The Hall–Kier alpha value is -0.670. The van der Waals surface area contributed by atoms with Gasteiger partial charge in [-0.05, 0) is 26.0 Å². The van der Waals surface area contributed by atoms with E-state index in [2.05, 4.69) is 0 Å². The van der Waals surface area contributed by atoms with E-state index in [9.17, 15) is 4.79 Å². The first-order valence-corrected chi connectivity index (χ1v) is 4.13. The average Bonchev–Trinajstić information content (AvgIpc) is 2.21. The molecule has 1 saturated heterocycles. The van der Waals surface area contributed by atoms with Crippen LogP contribution in [0.2, 0.25) is 0 Å². The Morgan fingerprint density at radius 2 is 2.25 bits per heavy atom. The van der Waals surface area contributed by atoms with Crippen LogP contribution in [0.3, 0.4) is 0 Å². The van der Waals surface area contributed by atoms with Crippen LogP contribution in [0.4, 0.5) is 0 Å². The van der Waals surface area contributed by atoms with Gasteiger partial charge >= 0.3 is 0 Å². The molecule has 3 heteroatoms. The molecule has 2 aliphatic rings. The number of allylic oxidation sites excluding steroid dienone is 1. The Kier molecular flexibility index (Phi) is 1.59. The third-order valence-electron chi connectivity index (χ3n) is 2.10. The predicted octanol–water partition coefficient (Wildman–Crippen LogP) is 1.04. The first-order valence-electron chi connectivity index (χ1n) is 4.13. The summed E-state index contributed by atoms with van der Waals surface area (Å²) in [6.07, 6.45) is 3.71. The molecule has 0 aromatic rings. The summed E-state index contributed by atoms with van der Waals surface area (Å²) in [5, 5.41) is 0. The molecule has 0 N–H and O–H groups in total. The van der Waals surface area contributed by atoms with Crippen LogP contribution in [0, 0.1) is 0 Å². The summed E-state index contributed by atoms with van der Waals surface area (Å²) in [5.41, 5.74) is 0. The molecular weight excluding hydrogens is 156 g/mol. The number of ketones is 1. The Labute approximate surface area is 71.3 Å². The van der Waals surface area contributed by atoms with Crippen LogP contribution in [-0.4, -0.2) is 23.8 Å². The maximum Gasteiger partial charge on any atom is 0.164 e. The summed E-state index contributed by atoms with van der Waals surface area (Å²) < 4.78 is 11.1. The lowest BCUT2D eigenvalue weighted by molar-refractivity contribution is -0.144. The van der Waals surface area contributed by atoms with Gasteiger partial charge in [0.25, 0.3) is 0 Å². The van der Waals surface area contributed by atoms with Crippen LogP contribution in [0.5, 0.6) is 0 Å². The summed E-state index contributed by atoms with van der Waals surface area (Å²) in [4.78, 5) is 11.0. The normalized spacial score (nSPS) is 38.3. The zero-order valence-corrected chi connectivity index (χ0v) is 7.24. The molecule has 1 heterocycles. The molecule has 2 atom stereocenters. The van der Waals surface area contributed by atoms with Gasteiger partial charge in [0.2, 0.25) is 0 Å². The van der Waals surface area contributed by atoms with Gasteiger partial charge in [0.1, 0.15) is 6.10 Å². The van der Waals surface area contributed by atoms with Crippen LogP contribution in [-0.2, 0) is 14.3 Å². The molecule has 0 bridgehead atoms. The SMILES string of the molecule is CC1(C)O[C@H]2C=CC(=O)C[C@H]2O1. The Morgan fingerprint density at radius 3 is 3.00 bits per heavy atom. The van der Waals surface area contributed by atoms with Crippen LogP contribution >= 0.6 is 0 Å². The van der Waals surface area contributed by atoms with Gasteiger partial charge in [0.05, 0.1) is 6.10 Å². The quantitative estimate of drug-likeness (QED) is 0.542. The van der Waals surface area contributed by atoms with Gasteiger partial charge in [-0.3, -0.25) is 4.79 Å². The Morgan fingerprint density at radius 1 is 1.50 bits per heavy atom. The van der Waals surface area contributed by atoms with Gasteiger partial charge in [-0.25, -0.2) is 0 Å². The van der Waals surface area contributed by atoms with Crippen molar-refractivity contribution in [3.63, 3.8) is 0 Å². The maximum absolute atomic E-state index is 11.0. The van der Waals surface area contributed by atoms with E-state index in [4.69, 9.17) is 9.47 Å². The van der Waals surface area contributed by atoms with Crippen molar-refractivity contribution in [3.8, 4) is 0 Å². The van der Waals surface area contributed by atoms with E-state index in [0.717, 1.165) is 0 Å². The lowest BCUT2D eigenvalue weighted by Crippen LogP contribution is -2.27. The number of hydrogen-bond acceptors (Lipinski definition) is 3. The molecule has 0 radical (unpaired) electrons. The molecule has 0 amide bonds. The molecule has 3 nitrogen and oxygen atoms in total. The van der Waals surface area contributed by atoms with Crippen molar-refractivity contribution in [3.05, 3.63) is 12.2 Å². The minimum atomic E-state index is -0.537. The lowest BCUT2D eigenvalue weighted by Gasteiger charge is -2.16. The molecule has 12 heavy (non-hydrogen) atoms. The fraction of sp³-hybridized carbons (Fsp3) is 0.667. The Balaban J connectivity index is 2.17. The minimum Gasteiger partial charge on any atom is -0.344 e. The van der Waals surface area contributed by atoms with E-state index >= 15 is 0 Å². The monoisotopic (exact) mass is 168 g/mol. The highest BCUT2D eigenvalue weighted by Crippen LogP contribution is 2.32. The van der Waals surface area contributed by atoms with Crippen molar-refractivity contribution in [1.29, 1.82) is 0 Å². The highest BCUT2D eigenvalue weighted by molar-refractivity contribution is 5.91. The number of fused-ring (bicyclic) bond motifs is 1. The largest absolute Gasteiger partial charge is 0.344 e. The van der Waals surface area contributed by atoms with Crippen LogP contribution < -0.4 is 0 Å². The molecule has 0 unspecified atom stereocenters. The predicted molar refractivity (Wildman–Crippen MR) is 42.6 cm³/mol. The number of carbonyl (C=O) groups is 1. The van der Waals surface area contributed by atoms with Crippen molar-refractivity contribution < 1.29 is 14.3 Å². The molecule has 1 aliphatic heterocycles. The van der Waals surface area contributed by atoms with Gasteiger partial charge in [-0.1, -0.05) is 0 Å². The summed E-state index contributed by atoms with van der Waals surface area (Å²) in [7, 11) is 0. The molecule has 0 saturated carbocycles. The average molecular weight is 168 g/mol. The second kappa shape index (κ2) is 2.41.